The molecular weight excluding hydrogens is 236 g/mol. The van der Waals surface area contributed by atoms with E-state index in [4.69, 9.17) is 0 Å². The quantitative estimate of drug-likeness (QED) is 0.825. The molecular formula is C16H24N2O. The summed E-state index contributed by atoms with van der Waals surface area (Å²) in [5.41, 5.74) is 3.66. The lowest BCUT2D eigenvalue weighted by atomic mass is 10.00. The van der Waals surface area contributed by atoms with E-state index in [9.17, 15) is 4.79 Å². The molecule has 0 aromatic heterocycles. The van der Waals surface area contributed by atoms with Crippen LogP contribution in [-0.2, 0) is 4.79 Å². The van der Waals surface area contributed by atoms with E-state index in [0.29, 0.717) is 6.54 Å². The largest absolute Gasteiger partial charge is 0.348 e. The van der Waals surface area contributed by atoms with E-state index in [2.05, 4.69) is 42.7 Å². The van der Waals surface area contributed by atoms with Crippen LogP contribution in [0.15, 0.2) is 18.2 Å². The normalized spacial score (nSPS) is 16.2. The van der Waals surface area contributed by atoms with E-state index in [1.165, 1.54) is 29.5 Å². The fourth-order valence-electron chi connectivity index (χ4n) is 2.31. The Morgan fingerprint density at radius 2 is 2.11 bits per heavy atom. The molecule has 1 aliphatic rings. The maximum atomic E-state index is 11.9. The Balaban J connectivity index is 1.82. The lowest BCUT2D eigenvalue weighted by Crippen LogP contribution is -2.36. The highest BCUT2D eigenvalue weighted by Gasteiger charge is 2.20. The van der Waals surface area contributed by atoms with Gasteiger partial charge in [0.15, 0.2) is 0 Å². The molecule has 0 heterocycles. The van der Waals surface area contributed by atoms with Crippen molar-refractivity contribution in [2.45, 2.75) is 39.7 Å². The number of carbonyl (C=O) groups is 1. The molecule has 0 aliphatic heterocycles. The molecule has 2 rings (SSSR count). The van der Waals surface area contributed by atoms with Gasteiger partial charge in [-0.25, -0.2) is 0 Å². The van der Waals surface area contributed by atoms with Gasteiger partial charge in [-0.1, -0.05) is 23.8 Å². The first kappa shape index (κ1) is 14.1. The average Bonchev–Trinajstić information content (AvgIpc) is 3.16. The summed E-state index contributed by atoms with van der Waals surface area (Å²) in [5.74, 6) is 0.887. The fourth-order valence-corrected chi connectivity index (χ4v) is 2.31. The standard InChI is InChI=1S/C16H24N2O/c1-11-4-5-12(2)15(8-11)13(3)18-16(19)10-17-9-14-6-7-14/h4-5,8,13-14,17H,6-7,9-10H2,1-3H3,(H,18,19). The van der Waals surface area contributed by atoms with E-state index in [1.807, 2.05) is 6.92 Å². The Labute approximate surface area is 115 Å². The van der Waals surface area contributed by atoms with Crippen LogP contribution in [0.4, 0.5) is 0 Å². The third kappa shape index (κ3) is 4.35. The Hall–Kier alpha value is -1.35. The molecule has 104 valence electrons. The smallest absolute Gasteiger partial charge is 0.234 e. The van der Waals surface area contributed by atoms with Gasteiger partial charge in [0, 0.05) is 0 Å². The summed E-state index contributed by atoms with van der Waals surface area (Å²) in [6.07, 6.45) is 2.63. The maximum Gasteiger partial charge on any atom is 0.234 e. The summed E-state index contributed by atoms with van der Waals surface area (Å²) in [6.45, 7) is 7.61. The van der Waals surface area contributed by atoms with Gasteiger partial charge in [-0.15, -0.1) is 0 Å². The van der Waals surface area contributed by atoms with Crippen molar-refractivity contribution in [3.8, 4) is 0 Å². The first-order valence-corrected chi connectivity index (χ1v) is 7.13. The van der Waals surface area contributed by atoms with Gasteiger partial charge in [0.2, 0.25) is 5.91 Å². The zero-order valence-electron chi connectivity index (χ0n) is 12.1. The fraction of sp³-hybridized carbons (Fsp3) is 0.562. The van der Waals surface area contributed by atoms with Crippen LogP contribution >= 0.6 is 0 Å². The minimum absolute atomic E-state index is 0.0649. The van der Waals surface area contributed by atoms with Crippen molar-refractivity contribution < 1.29 is 4.79 Å². The van der Waals surface area contributed by atoms with E-state index >= 15 is 0 Å². The Kier molecular flexibility index (Phi) is 4.59. The van der Waals surface area contributed by atoms with Gasteiger partial charge in [0.05, 0.1) is 12.6 Å². The molecule has 19 heavy (non-hydrogen) atoms. The minimum Gasteiger partial charge on any atom is -0.348 e. The van der Waals surface area contributed by atoms with Crippen LogP contribution < -0.4 is 10.6 Å². The summed E-state index contributed by atoms with van der Waals surface area (Å²) in [5, 5.41) is 6.27. The summed E-state index contributed by atoms with van der Waals surface area (Å²) >= 11 is 0. The van der Waals surface area contributed by atoms with Crippen LogP contribution in [0.25, 0.3) is 0 Å². The summed E-state index contributed by atoms with van der Waals surface area (Å²) in [4.78, 5) is 11.9. The first-order chi connectivity index (χ1) is 9.06. The maximum absolute atomic E-state index is 11.9. The van der Waals surface area contributed by atoms with Gasteiger partial charge in [-0.2, -0.15) is 0 Å². The summed E-state index contributed by atoms with van der Waals surface area (Å²) in [6, 6.07) is 6.43. The zero-order valence-corrected chi connectivity index (χ0v) is 12.1. The summed E-state index contributed by atoms with van der Waals surface area (Å²) < 4.78 is 0. The highest BCUT2D eigenvalue weighted by Crippen LogP contribution is 2.27. The van der Waals surface area contributed by atoms with E-state index < -0.39 is 0 Å². The Bertz CT molecular complexity index is 452. The lowest BCUT2D eigenvalue weighted by Gasteiger charge is -2.17. The van der Waals surface area contributed by atoms with Crippen LogP contribution in [-0.4, -0.2) is 19.0 Å². The number of rotatable bonds is 6. The van der Waals surface area contributed by atoms with Gasteiger partial charge in [-0.05, 0) is 57.2 Å². The molecule has 1 saturated carbocycles. The predicted octanol–water partition coefficient (Wildman–Crippen LogP) is 2.48. The lowest BCUT2D eigenvalue weighted by molar-refractivity contribution is -0.120. The molecule has 1 fully saturated rings. The van der Waals surface area contributed by atoms with Crippen LogP contribution in [0.2, 0.25) is 0 Å². The molecule has 3 nitrogen and oxygen atoms in total. The van der Waals surface area contributed by atoms with Crippen molar-refractivity contribution in [2.24, 2.45) is 5.92 Å². The highest BCUT2D eigenvalue weighted by atomic mass is 16.1. The van der Waals surface area contributed by atoms with Crippen molar-refractivity contribution in [3.05, 3.63) is 34.9 Å². The molecule has 1 unspecified atom stereocenters. The third-order valence-corrected chi connectivity index (χ3v) is 3.69. The molecule has 1 aromatic carbocycles. The van der Waals surface area contributed by atoms with Gasteiger partial charge in [0.1, 0.15) is 0 Å². The Morgan fingerprint density at radius 1 is 1.37 bits per heavy atom. The highest BCUT2D eigenvalue weighted by molar-refractivity contribution is 5.78. The number of hydrogen-bond donors (Lipinski definition) is 2. The number of hydrogen-bond acceptors (Lipinski definition) is 2. The number of benzene rings is 1. The number of nitrogens with one attached hydrogen (secondary N) is 2. The SMILES string of the molecule is Cc1ccc(C)c(C(C)NC(=O)CNCC2CC2)c1. The molecule has 0 saturated heterocycles. The van der Waals surface area contributed by atoms with Gasteiger partial charge in [-0.3, -0.25) is 4.79 Å². The molecule has 0 bridgehead atoms. The van der Waals surface area contributed by atoms with Crippen molar-refractivity contribution in [1.82, 2.24) is 10.6 Å². The van der Waals surface area contributed by atoms with Crippen LogP contribution in [0, 0.1) is 19.8 Å². The molecule has 0 radical (unpaired) electrons. The second kappa shape index (κ2) is 6.20. The topological polar surface area (TPSA) is 41.1 Å². The van der Waals surface area contributed by atoms with Crippen LogP contribution in [0.5, 0.6) is 0 Å². The predicted molar refractivity (Wildman–Crippen MR) is 78.1 cm³/mol. The third-order valence-electron chi connectivity index (χ3n) is 3.69. The molecule has 1 atom stereocenters. The summed E-state index contributed by atoms with van der Waals surface area (Å²) in [7, 11) is 0. The zero-order chi connectivity index (χ0) is 13.8. The van der Waals surface area contributed by atoms with E-state index in [0.717, 1.165) is 12.5 Å². The number of amides is 1. The van der Waals surface area contributed by atoms with Crippen LogP contribution in [0.1, 0.15) is 42.5 Å². The van der Waals surface area contributed by atoms with Crippen molar-refractivity contribution >= 4 is 5.91 Å². The van der Waals surface area contributed by atoms with Gasteiger partial charge < -0.3 is 10.6 Å². The molecule has 1 aliphatic carbocycles. The number of aryl methyl sites for hydroxylation is 2. The second-order valence-electron chi connectivity index (χ2n) is 5.72. The van der Waals surface area contributed by atoms with E-state index in [-0.39, 0.29) is 11.9 Å². The van der Waals surface area contributed by atoms with Crippen LogP contribution in [0.3, 0.4) is 0 Å². The number of carbonyl (C=O) groups excluding carboxylic acids is 1. The molecule has 3 heteroatoms. The first-order valence-electron chi connectivity index (χ1n) is 7.13. The molecule has 2 N–H and O–H groups in total. The van der Waals surface area contributed by atoms with Crippen molar-refractivity contribution in [3.63, 3.8) is 0 Å². The second-order valence-corrected chi connectivity index (χ2v) is 5.72. The van der Waals surface area contributed by atoms with Crippen molar-refractivity contribution in [1.29, 1.82) is 0 Å². The molecule has 0 spiro atoms. The van der Waals surface area contributed by atoms with Gasteiger partial charge >= 0.3 is 0 Å². The molecule has 1 amide bonds. The molecule has 1 aromatic rings. The van der Waals surface area contributed by atoms with E-state index in [1.54, 1.807) is 0 Å². The average molecular weight is 260 g/mol. The minimum atomic E-state index is 0.0649. The van der Waals surface area contributed by atoms with Gasteiger partial charge in [0.25, 0.3) is 0 Å². The monoisotopic (exact) mass is 260 g/mol. The Morgan fingerprint density at radius 3 is 2.79 bits per heavy atom. The van der Waals surface area contributed by atoms with Crippen molar-refractivity contribution in [2.75, 3.05) is 13.1 Å².